The van der Waals surface area contributed by atoms with Gasteiger partial charge in [0.05, 0.1) is 5.52 Å². The number of rotatable bonds is 8. The highest BCUT2D eigenvalue weighted by molar-refractivity contribution is 7.20. The van der Waals surface area contributed by atoms with E-state index in [1.807, 2.05) is 12.3 Å². The van der Waals surface area contributed by atoms with Crippen molar-refractivity contribution >= 4 is 67.8 Å². The zero-order chi connectivity index (χ0) is 34.0. The van der Waals surface area contributed by atoms with Gasteiger partial charge in [0, 0.05) is 39.7 Å². The Morgan fingerprint density at radius 3 is 1.43 bits per heavy atom. The van der Waals surface area contributed by atoms with Crippen LogP contribution >= 0.6 is 0 Å². The predicted octanol–water partition coefficient (Wildman–Crippen LogP) is 9.03. The van der Waals surface area contributed by atoms with Gasteiger partial charge in [-0.05, 0) is 87.5 Å². The first kappa shape index (κ1) is 30.6. The molecule has 0 saturated heterocycles. The Bertz CT molecular complexity index is 2470. The molecule has 0 amide bonds. The minimum Gasteiger partial charge on any atom is -0.311 e. The lowest BCUT2D eigenvalue weighted by atomic mass is 10.2. The van der Waals surface area contributed by atoms with Crippen LogP contribution in [0, 0.1) is 0 Å². The fraction of sp³-hybridized carbons (Fsp3) is 0. The standard InChI is InChI=1S/C47H35N3Si/c1-6-17-36(18-7-1)49(37-19-8-2-9-20-37)39-28-30-42(31-29-39)51(40-23-12-4-13-24-40,41-25-14-5-15-26-41)43-32-33-44-45-27-16-34-48-47(45)50(46(44)35-43)38-21-10-3-11-22-38/h1-35H. The number of benzene rings is 7. The number of hydrogen-bond acceptors (Lipinski definition) is 2. The highest BCUT2D eigenvalue weighted by Crippen LogP contribution is 2.34. The Hall–Kier alpha value is -6.49. The summed E-state index contributed by atoms with van der Waals surface area (Å²) in [6, 6.07) is 74.8. The van der Waals surface area contributed by atoms with Crippen molar-refractivity contribution in [3.63, 3.8) is 0 Å². The van der Waals surface area contributed by atoms with Crippen LogP contribution in [-0.2, 0) is 0 Å². The number of nitrogens with zero attached hydrogens (tertiary/aromatic N) is 3. The summed E-state index contributed by atoms with van der Waals surface area (Å²) in [4.78, 5) is 7.24. The zero-order valence-corrected chi connectivity index (χ0v) is 29.0. The average molecular weight is 670 g/mol. The lowest BCUT2D eigenvalue weighted by Gasteiger charge is -2.35. The van der Waals surface area contributed by atoms with Crippen molar-refractivity contribution in [1.29, 1.82) is 0 Å². The summed E-state index contributed by atoms with van der Waals surface area (Å²) in [7, 11) is -2.86. The monoisotopic (exact) mass is 669 g/mol. The van der Waals surface area contributed by atoms with E-state index in [-0.39, 0.29) is 0 Å². The molecule has 0 fully saturated rings. The smallest absolute Gasteiger partial charge is 0.179 e. The molecule has 3 nitrogen and oxygen atoms in total. The van der Waals surface area contributed by atoms with E-state index in [2.05, 4.69) is 210 Å². The average Bonchev–Trinajstić information content (AvgIpc) is 3.55. The number of anilines is 3. The van der Waals surface area contributed by atoms with Crippen LogP contribution in [0.2, 0.25) is 0 Å². The Balaban J connectivity index is 1.31. The van der Waals surface area contributed by atoms with Crippen molar-refractivity contribution in [3.8, 4) is 5.69 Å². The van der Waals surface area contributed by atoms with Crippen LogP contribution in [0.1, 0.15) is 0 Å². The Labute approximate surface area is 299 Å². The molecule has 0 spiro atoms. The van der Waals surface area contributed by atoms with Crippen LogP contribution in [0.25, 0.3) is 27.6 Å². The van der Waals surface area contributed by atoms with Crippen LogP contribution in [-0.4, -0.2) is 17.6 Å². The molecule has 0 bridgehead atoms. The second-order valence-electron chi connectivity index (χ2n) is 12.8. The maximum absolute atomic E-state index is 4.91. The molecule has 0 atom stereocenters. The van der Waals surface area contributed by atoms with Gasteiger partial charge in [0.25, 0.3) is 0 Å². The molecule has 9 aromatic rings. The zero-order valence-electron chi connectivity index (χ0n) is 28.0. The van der Waals surface area contributed by atoms with Gasteiger partial charge in [-0.25, -0.2) is 4.98 Å². The van der Waals surface area contributed by atoms with Gasteiger partial charge in [-0.2, -0.15) is 0 Å². The molecule has 0 aliphatic carbocycles. The summed E-state index contributed by atoms with van der Waals surface area (Å²) in [5, 5.41) is 7.68. The van der Waals surface area contributed by atoms with E-state index in [1.54, 1.807) is 0 Å². The van der Waals surface area contributed by atoms with Gasteiger partial charge >= 0.3 is 0 Å². The molecule has 2 aromatic heterocycles. The highest BCUT2D eigenvalue weighted by atomic mass is 28.3. The van der Waals surface area contributed by atoms with Crippen LogP contribution in [0.5, 0.6) is 0 Å². The lowest BCUT2D eigenvalue weighted by Crippen LogP contribution is -2.74. The summed E-state index contributed by atoms with van der Waals surface area (Å²) < 4.78 is 2.32. The van der Waals surface area contributed by atoms with Gasteiger partial charge in [0.15, 0.2) is 8.07 Å². The third-order valence-electron chi connectivity index (χ3n) is 9.98. The Morgan fingerprint density at radius 2 is 0.863 bits per heavy atom. The molecule has 0 N–H and O–H groups in total. The van der Waals surface area contributed by atoms with Gasteiger partial charge in [-0.15, -0.1) is 0 Å². The molecule has 4 heteroatoms. The number of hydrogen-bond donors (Lipinski definition) is 0. The van der Waals surface area contributed by atoms with Crippen LogP contribution in [0.4, 0.5) is 17.1 Å². The molecule has 242 valence electrons. The molecule has 2 heterocycles. The number of fused-ring (bicyclic) bond motifs is 3. The molecule has 7 aromatic carbocycles. The fourth-order valence-corrected chi connectivity index (χ4v) is 12.5. The molecule has 0 radical (unpaired) electrons. The first-order chi connectivity index (χ1) is 25.3. The topological polar surface area (TPSA) is 21.1 Å². The first-order valence-corrected chi connectivity index (χ1v) is 19.4. The molecule has 9 rings (SSSR count). The molecule has 51 heavy (non-hydrogen) atoms. The van der Waals surface area contributed by atoms with E-state index in [4.69, 9.17) is 4.98 Å². The van der Waals surface area contributed by atoms with Gasteiger partial charge < -0.3 is 4.90 Å². The molecular weight excluding hydrogens is 635 g/mol. The first-order valence-electron chi connectivity index (χ1n) is 17.4. The van der Waals surface area contributed by atoms with Gasteiger partial charge in [0.1, 0.15) is 5.65 Å². The second-order valence-corrected chi connectivity index (χ2v) is 16.6. The SMILES string of the molecule is c1ccc(N(c2ccccc2)c2ccc([Si](c3ccccc3)(c3ccccc3)c3ccc4c5cccnc5n(-c5ccccc5)c4c3)cc2)cc1. The minimum absolute atomic E-state index is 0.966. The van der Waals surface area contributed by atoms with E-state index in [0.29, 0.717) is 0 Å². The summed E-state index contributed by atoms with van der Waals surface area (Å²) in [6.07, 6.45) is 1.89. The molecule has 0 unspecified atom stereocenters. The fourth-order valence-electron chi connectivity index (χ4n) is 7.75. The minimum atomic E-state index is -2.86. The summed E-state index contributed by atoms with van der Waals surface area (Å²) in [6.45, 7) is 0. The van der Waals surface area contributed by atoms with E-state index in [1.165, 1.54) is 26.1 Å². The lowest BCUT2D eigenvalue weighted by molar-refractivity contribution is 1.14. The predicted molar refractivity (Wildman–Crippen MR) is 217 cm³/mol. The van der Waals surface area contributed by atoms with E-state index >= 15 is 0 Å². The quantitative estimate of drug-likeness (QED) is 0.119. The molecule has 0 saturated carbocycles. The largest absolute Gasteiger partial charge is 0.311 e. The Morgan fingerprint density at radius 1 is 0.392 bits per heavy atom. The van der Waals surface area contributed by atoms with E-state index < -0.39 is 8.07 Å². The van der Waals surface area contributed by atoms with Crippen molar-refractivity contribution in [2.24, 2.45) is 0 Å². The Kier molecular flexibility index (Phi) is 7.84. The van der Waals surface area contributed by atoms with Crippen molar-refractivity contribution in [2.75, 3.05) is 4.90 Å². The van der Waals surface area contributed by atoms with Crippen molar-refractivity contribution in [1.82, 2.24) is 9.55 Å². The van der Waals surface area contributed by atoms with Gasteiger partial charge in [0.2, 0.25) is 0 Å². The van der Waals surface area contributed by atoms with E-state index in [9.17, 15) is 0 Å². The maximum Gasteiger partial charge on any atom is 0.179 e. The van der Waals surface area contributed by atoms with Gasteiger partial charge in [-0.3, -0.25) is 4.57 Å². The molecular formula is C47H35N3Si. The normalized spacial score (nSPS) is 11.5. The number of para-hydroxylation sites is 3. The molecule has 0 aliphatic rings. The van der Waals surface area contributed by atoms with Crippen molar-refractivity contribution in [2.45, 2.75) is 0 Å². The van der Waals surface area contributed by atoms with Crippen LogP contribution < -0.4 is 25.6 Å². The maximum atomic E-state index is 4.91. The number of pyridine rings is 1. The van der Waals surface area contributed by atoms with E-state index in [0.717, 1.165) is 39.3 Å². The third kappa shape index (κ3) is 5.25. The van der Waals surface area contributed by atoms with Crippen LogP contribution in [0.15, 0.2) is 212 Å². The second kappa shape index (κ2) is 13.1. The van der Waals surface area contributed by atoms with Crippen molar-refractivity contribution in [3.05, 3.63) is 212 Å². The third-order valence-corrected chi connectivity index (χ3v) is 14.8. The van der Waals surface area contributed by atoms with Crippen LogP contribution in [0.3, 0.4) is 0 Å². The molecule has 0 aliphatic heterocycles. The number of aromatic nitrogens is 2. The summed E-state index contributed by atoms with van der Waals surface area (Å²) in [5.74, 6) is 0. The van der Waals surface area contributed by atoms with Gasteiger partial charge in [-0.1, -0.05) is 140 Å². The summed E-state index contributed by atoms with van der Waals surface area (Å²) >= 11 is 0. The summed E-state index contributed by atoms with van der Waals surface area (Å²) in [5.41, 5.74) is 6.59. The highest BCUT2D eigenvalue weighted by Gasteiger charge is 2.42. The van der Waals surface area contributed by atoms with Crippen molar-refractivity contribution < 1.29 is 0 Å².